The van der Waals surface area contributed by atoms with Crippen molar-refractivity contribution in [2.24, 2.45) is 5.92 Å². The monoisotopic (exact) mass is 290 g/mol. The van der Waals surface area contributed by atoms with Gasteiger partial charge in [-0.2, -0.15) is 0 Å². The van der Waals surface area contributed by atoms with Crippen molar-refractivity contribution in [2.45, 2.75) is 19.8 Å². The molecule has 1 N–H and O–H groups in total. The van der Waals surface area contributed by atoms with Crippen LogP contribution in [0, 0.1) is 12.8 Å². The zero-order valence-electron chi connectivity index (χ0n) is 13.3. The minimum atomic E-state index is 0.146. The number of nitrogens with zero attached hydrogens (tertiary/aromatic N) is 3. The molecule has 0 saturated carbocycles. The van der Waals surface area contributed by atoms with Crippen molar-refractivity contribution in [1.82, 2.24) is 15.2 Å². The Hall–Kier alpha value is -1.62. The van der Waals surface area contributed by atoms with Crippen molar-refractivity contribution < 1.29 is 4.79 Å². The zero-order valence-corrected chi connectivity index (χ0v) is 13.3. The summed E-state index contributed by atoms with van der Waals surface area (Å²) in [5.41, 5.74) is 1.20. The lowest BCUT2D eigenvalue weighted by Crippen LogP contribution is -2.42. The first-order chi connectivity index (χ1) is 10.1. The van der Waals surface area contributed by atoms with E-state index in [1.165, 1.54) is 5.56 Å². The summed E-state index contributed by atoms with van der Waals surface area (Å²) in [4.78, 5) is 21.0. The molecule has 2 rings (SSSR count). The molecule has 116 valence electrons. The Morgan fingerprint density at radius 1 is 1.43 bits per heavy atom. The number of hydrogen-bond acceptors (Lipinski definition) is 4. The molecule has 0 atom stereocenters. The Balaban J connectivity index is 1.80. The predicted molar refractivity (Wildman–Crippen MR) is 85.5 cm³/mol. The van der Waals surface area contributed by atoms with Crippen molar-refractivity contribution in [3.05, 3.63) is 23.9 Å². The van der Waals surface area contributed by atoms with Crippen LogP contribution >= 0.6 is 0 Å². The topological polar surface area (TPSA) is 48.5 Å². The van der Waals surface area contributed by atoms with Crippen LogP contribution in [0.25, 0.3) is 0 Å². The van der Waals surface area contributed by atoms with Gasteiger partial charge in [0.25, 0.3) is 0 Å². The molecule has 5 nitrogen and oxygen atoms in total. The van der Waals surface area contributed by atoms with E-state index in [0.717, 1.165) is 44.8 Å². The summed E-state index contributed by atoms with van der Waals surface area (Å²) in [7, 11) is 4.03. The summed E-state index contributed by atoms with van der Waals surface area (Å²) in [6, 6.07) is 4.05. The lowest BCUT2D eigenvalue weighted by molar-refractivity contribution is -0.125. The first kappa shape index (κ1) is 15.8. The van der Waals surface area contributed by atoms with Crippen molar-refractivity contribution in [2.75, 3.05) is 45.2 Å². The van der Waals surface area contributed by atoms with Gasteiger partial charge in [-0.05, 0) is 45.5 Å². The molecule has 5 heteroatoms. The number of amides is 1. The van der Waals surface area contributed by atoms with Crippen LogP contribution in [0.2, 0.25) is 0 Å². The number of hydrogen-bond donors (Lipinski definition) is 1. The summed E-state index contributed by atoms with van der Waals surface area (Å²) in [6.07, 6.45) is 3.65. The Morgan fingerprint density at radius 3 is 2.76 bits per heavy atom. The van der Waals surface area contributed by atoms with Gasteiger partial charge < -0.3 is 15.1 Å². The number of piperidine rings is 1. The maximum Gasteiger partial charge on any atom is 0.223 e. The van der Waals surface area contributed by atoms with E-state index in [0.29, 0.717) is 0 Å². The molecule has 0 unspecified atom stereocenters. The van der Waals surface area contributed by atoms with E-state index in [2.05, 4.69) is 33.1 Å². The molecule has 1 saturated heterocycles. The molecule has 1 aromatic rings. The highest BCUT2D eigenvalue weighted by Gasteiger charge is 2.25. The molecule has 0 spiro atoms. The molecule has 1 aromatic heterocycles. The number of likely N-dealkylation sites (N-methyl/N-ethyl adjacent to an activating group) is 1. The van der Waals surface area contributed by atoms with E-state index in [4.69, 9.17) is 0 Å². The van der Waals surface area contributed by atoms with E-state index in [1.54, 1.807) is 0 Å². The maximum atomic E-state index is 12.1. The fraction of sp³-hybridized carbons (Fsp3) is 0.625. The quantitative estimate of drug-likeness (QED) is 0.887. The highest BCUT2D eigenvalue weighted by Crippen LogP contribution is 2.23. The van der Waals surface area contributed by atoms with Gasteiger partial charge in [0.05, 0.1) is 0 Å². The fourth-order valence-corrected chi connectivity index (χ4v) is 2.71. The second-order valence-corrected chi connectivity index (χ2v) is 6.00. The molecule has 0 bridgehead atoms. The normalized spacial score (nSPS) is 16.3. The average Bonchev–Trinajstić information content (AvgIpc) is 2.47. The highest BCUT2D eigenvalue weighted by molar-refractivity contribution is 5.79. The minimum Gasteiger partial charge on any atom is -0.356 e. The molecule has 1 fully saturated rings. The van der Waals surface area contributed by atoms with Gasteiger partial charge in [-0.3, -0.25) is 4.79 Å². The van der Waals surface area contributed by atoms with E-state index in [-0.39, 0.29) is 11.8 Å². The third kappa shape index (κ3) is 4.43. The molecule has 0 radical (unpaired) electrons. The standard InChI is InChI=1S/C16H26N4O/c1-13-5-4-8-17-15(13)20-10-6-14(7-11-20)16(21)18-9-12-19(2)3/h4-5,8,14H,6-7,9-12H2,1-3H3,(H,18,21). The van der Waals surface area contributed by atoms with Crippen LogP contribution in [0.5, 0.6) is 0 Å². The van der Waals surface area contributed by atoms with Gasteiger partial charge in [-0.15, -0.1) is 0 Å². The van der Waals surface area contributed by atoms with Gasteiger partial charge in [0.1, 0.15) is 5.82 Å². The van der Waals surface area contributed by atoms with Gasteiger partial charge in [-0.1, -0.05) is 6.07 Å². The van der Waals surface area contributed by atoms with E-state index >= 15 is 0 Å². The first-order valence-corrected chi connectivity index (χ1v) is 7.67. The average molecular weight is 290 g/mol. The van der Waals surface area contributed by atoms with Crippen molar-refractivity contribution in [1.29, 1.82) is 0 Å². The Morgan fingerprint density at radius 2 is 2.14 bits per heavy atom. The molecule has 2 heterocycles. The van der Waals surface area contributed by atoms with Crippen molar-refractivity contribution in [3.8, 4) is 0 Å². The second kappa shape index (κ2) is 7.41. The number of aromatic nitrogens is 1. The van der Waals surface area contributed by atoms with Crippen LogP contribution in [0.3, 0.4) is 0 Å². The van der Waals surface area contributed by atoms with Gasteiger partial charge >= 0.3 is 0 Å². The summed E-state index contributed by atoms with van der Waals surface area (Å²) >= 11 is 0. The largest absolute Gasteiger partial charge is 0.356 e. The summed E-state index contributed by atoms with van der Waals surface area (Å²) < 4.78 is 0. The van der Waals surface area contributed by atoms with Crippen LogP contribution in [0.4, 0.5) is 5.82 Å². The number of rotatable bonds is 5. The van der Waals surface area contributed by atoms with Gasteiger partial charge in [0.2, 0.25) is 5.91 Å². The van der Waals surface area contributed by atoms with Crippen LogP contribution in [0.1, 0.15) is 18.4 Å². The zero-order chi connectivity index (χ0) is 15.2. The van der Waals surface area contributed by atoms with Gasteiger partial charge in [0, 0.05) is 38.3 Å². The Bertz CT molecular complexity index is 467. The van der Waals surface area contributed by atoms with Crippen LogP contribution < -0.4 is 10.2 Å². The number of carbonyl (C=O) groups is 1. The second-order valence-electron chi connectivity index (χ2n) is 6.00. The summed E-state index contributed by atoms with van der Waals surface area (Å²) in [5, 5.41) is 3.03. The number of carbonyl (C=O) groups excluding carboxylic acids is 1. The SMILES string of the molecule is Cc1cccnc1N1CCC(C(=O)NCCN(C)C)CC1. The number of aryl methyl sites for hydroxylation is 1. The first-order valence-electron chi connectivity index (χ1n) is 7.67. The van der Waals surface area contributed by atoms with E-state index in [9.17, 15) is 4.79 Å². The summed E-state index contributed by atoms with van der Waals surface area (Å²) in [5.74, 6) is 1.41. The van der Waals surface area contributed by atoms with Crippen LogP contribution in [-0.2, 0) is 4.79 Å². The molecule has 1 aliphatic heterocycles. The molecule has 21 heavy (non-hydrogen) atoms. The summed E-state index contributed by atoms with van der Waals surface area (Å²) in [6.45, 7) is 5.51. The molecular weight excluding hydrogens is 264 g/mol. The number of anilines is 1. The minimum absolute atomic E-state index is 0.146. The fourth-order valence-electron chi connectivity index (χ4n) is 2.71. The third-order valence-electron chi connectivity index (χ3n) is 4.01. The molecule has 1 aliphatic rings. The Kier molecular flexibility index (Phi) is 5.56. The van der Waals surface area contributed by atoms with Crippen LogP contribution in [0.15, 0.2) is 18.3 Å². The Labute approximate surface area is 127 Å². The number of pyridine rings is 1. The van der Waals surface area contributed by atoms with Gasteiger partial charge in [0.15, 0.2) is 0 Å². The number of nitrogens with one attached hydrogen (secondary N) is 1. The van der Waals surface area contributed by atoms with Gasteiger partial charge in [-0.25, -0.2) is 4.98 Å². The molecule has 0 aromatic carbocycles. The maximum absolute atomic E-state index is 12.1. The molecule has 1 amide bonds. The highest BCUT2D eigenvalue weighted by atomic mass is 16.1. The lowest BCUT2D eigenvalue weighted by Gasteiger charge is -2.33. The molecular formula is C16H26N4O. The van der Waals surface area contributed by atoms with Crippen LogP contribution in [-0.4, -0.2) is 56.1 Å². The van der Waals surface area contributed by atoms with Crippen molar-refractivity contribution in [3.63, 3.8) is 0 Å². The lowest BCUT2D eigenvalue weighted by atomic mass is 9.95. The predicted octanol–water partition coefficient (Wildman–Crippen LogP) is 1.28. The molecule has 0 aliphatic carbocycles. The smallest absolute Gasteiger partial charge is 0.223 e. The van der Waals surface area contributed by atoms with Crippen molar-refractivity contribution >= 4 is 11.7 Å². The third-order valence-corrected chi connectivity index (χ3v) is 4.01. The van der Waals surface area contributed by atoms with E-state index in [1.807, 2.05) is 26.4 Å². The van der Waals surface area contributed by atoms with E-state index < -0.39 is 0 Å².